The molecule has 0 fully saturated rings. The maximum atomic E-state index is 13.1. The molecule has 1 aliphatic heterocycles. The summed E-state index contributed by atoms with van der Waals surface area (Å²) in [5.41, 5.74) is 0.237. The van der Waals surface area contributed by atoms with Crippen molar-refractivity contribution in [3.05, 3.63) is 53.7 Å². The Morgan fingerprint density at radius 1 is 1.29 bits per heavy atom. The summed E-state index contributed by atoms with van der Waals surface area (Å²) < 4.78 is 29.9. The fraction of sp³-hybridized carbons (Fsp3) is 0.0769. The van der Waals surface area contributed by atoms with Gasteiger partial charge in [-0.1, -0.05) is 0 Å². The van der Waals surface area contributed by atoms with Gasteiger partial charge in [-0.25, -0.2) is 13.8 Å². The van der Waals surface area contributed by atoms with Gasteiger partial charge in [0.25, 0.3) is 5.91 Å². The third kappa shape index (κ3) is 3.04. The Bertz CT molecular complexity index is 724. The molecule has 2 heterocycles. The van der Waals surface area contributed by atoms with Gasteiger partial charge in [0, 0.05) is 24.2 Å². The van der Waals surface area contributed by atoms with E-state index in [2.05, 4.69) is 33.2 Å². The third-order valence-corrected chi connectivity index (χ3v) is 3.46. The summed E-state index contributed by atoms with van der Waals surface area (Å²) in [6.07, 6.45) is 5.20. The van der Waals surface area contributed by atoms with Crippen molar-refractivity contribution in [2.75, 3.05) is 5.32 Å². The smallest absolute Gasteiger partial charge is 0.275 e. The molecule has 2 aromatic rings. The standard InChI is InChI=1S/C13H9F2IN4O/c14-8-3-9(15)5-10(4-8)17-13(21)11-6-19-7-20(16)2-1-12(19)18-11/h1-6H,7H2,(H,17,21). The molecule has 0 atom stereocenters. The number of hydrogen-bond acceptors (Lipinski definition) is 3. The molecular formula is C13H9F2IN4O. The van der Waals surface area contributed by atoms with E-state index < -0.39 is 17.5 Å². The molecule has 21 heavy (non-hydrogen) atoms. The van der Waals surface area contributed by atoms with Gasteiger partial charge in [-0.15, -0.1) is 0 Å². The van der Waals surface area contributed by atoms with Gasteiger partial charge in [-0.3, -0.25) is 4.79 Å². The van der Waals surface area contributed by atoms with Crippen LogP contribution in [0, 0.1) is 11.6 Å². The van der Waals surface area contributed by atoms with Crippen molar-refractivity contribution in [3.8, 4) is 0 Å². The molecule has 5 nitrogen and oxygen atoms in total. The second-order valence-electron chi connectivity index (χ2n) is 4.42. The van der Waals surface area contributed by atoms with Crippen LogP contribution in [0.3, 0.4) is 0 Å². The SMILES string of the molecule is O=C(Nc1cc(F)cc(F)c1)c1cn2c(n1)C=CN(I)C2. The average Bonchev–Trinajstić information content (AvgIpc) is 2.80. The number of anilines is 1. The molecule has 0 bridgehead atoms. The predicted octanol–water partition coefficient (Wildman–Crippen LogP) is 3.01. The second kappa shape index (κ2) is 5.43. The first-order valence-electron chi connectivity index (χ1n) is 5.96. The number of carbonyl (C=O) groups is 1. The zero-order valence-corrected chi connectivity index (χ0v) is 12.7. The number of nitrogens with zero attached hydrogens (tertiary/aromatic N) is 3. The molecule has 1 N–H and O–H groups in total. The number of aromatic nitrogens is 2. The number of carbonyl (C=O) groups excluding carboxylic acids is 1. The number of imidazole rings is 1. The van der Waals surface area contributed by atoms with Gasteiger partial charge in [-0.05, 0) is 18.2 Å². The molecular weight excluding hydrogens is 393 g/mol. The lowest BCUT2D eigenvalue weighted by Crippen LogP contribution is -2.14. The largest absolute Gasteiger partial charge is 0.320 e. The molecule has 108 valence electrons. The summed E-state index contributed by atoms with van der Waals surface area (Å²) in [5, 5.41) is 2.43. The number of amides is 1. The summed E-state index contributed by atoms with van der Waals surface area (Å²) in [7, 11) is 0. The van der Waals surface area contributed by atoms with Gasteiger partial charge in [0.15, 0.2) is 0 Å². The van der Waals surface area contributed by atoms with Crippen LogP contribution in [-0.2, 0) is 6.67 Å². The molecule has 8 heteroatoms. The van der Waals surface area contributed by atoms with Gasteiger partial charge in [0.1, 0.15) is 29.8 Å². The number of benzene rings is 1. The Hall–Kier alpha value is -1.97. The summed E-state index contributed by atoms with van der Waals surface area (Å²) in [5.74, 6) is -1.37. The van der Waals surface area contributed by atoms with E-state index in [9.17, 15) is 13.6 Å². The molecule has 1 amide bonds. The molecule has 0 aliphatic carbocycles. The number of hydrogen-bond donors (Lipinski definition) is 1. The summed E-state index contributed by atoms with van der Waals surface area (Å²) in [6.45, 7) is 0.571. The summed E-state index contributed by atoms with van der Waals surface area (Å²) >= 11 is 2.12. The van der Waals surface area contributed by atoms with Crippen molar-refractivity contribution in [1.82, 2.24) is 12.7 Å². The van der Waals surface area contributed by atoms with Crippen LogP contribution in [-0.4, -0.2) is 18.6 Å². The van der Waals surface area contributed by atoms with E-state index in [-0.39, 0.29) is 11.4 Å². The minimum Gasteiger partial charge on any atom is -0.320 e. The minimum atomic E-state index is -0.752. The second-order valence-corrected chi connectivity index (χ2v) is 5.66. The van der Waals surface area contributed by atoms with Crippen LogP contribution in [0.4, 0.5) is 14.5 Å². The van der Waals surface area contributed by atoms with E-state index in [4.69, 9.17) is 0 Å². The lowest BCUT2D eigenvalue weighted by atomic mass is 10.3. The molecule has 3 rings (SSSR count). The third-order valence-electron chi connectivity index (χ3n) is 2.83. The Kier molecular flexibility index (Phi) is 3.62. The molecule has 0 unspecified atom stereocenters. The Labute approximate surface area is 132 Å². The van der Waals surface area contributed by atoms with Crippen molar-refractivity contribution >= 4 is 40.5 Å². The molecule has 0 spiro atoms. The maximum absolute atomic E-state index is 13.1. The van der Waals surface area contributed by atoms with Gasteiger partial charge in [0.05, 0.1) is 22.9 Å². The van der Waals surface area contributed by atoms with Crippen LogP contribution in [0.25, 0.3) is 6.08 Å². The van der Waals surface area contributed by atoms with Crippen molar-refractivity contribution in [1.29, 1.82) is 0 Å². The van der Waals surface area contributed by atoms with Crippen molar-refractivity contribution < 1.29 is 13.6 Å². The topological polar surface area (TPSA) is 50.2 Å². The Morgan fingerprint density at radius 3 is 2.71 bits per heavy atom. The van der Waals surface area contributed by atoms with E-state index in [0.717, 1.165) is 18.2 Å². The van der Waals surface area contributed by atoms with Crippen molar-refractivity contribution in [3.63, 3.8) is 0 Å². The van der Waals surface area contributed by atoms with Gasteiger partial charge in [0.2, 0.25) is 0 Å². The van der Waals surface area contributed by atoms with Crippen molar-refractivity contribution in [2.45, 2.75) is 6.67 Å². The van der Waals surface area contributed by atoms with Gasteiger partial charge < -0.3 is 13.0 Å². The molecule has 0 saturated heterocycles. The highest BCUT2D eigenvalue weighted by Gasteiger charge is 2.16. The highest BCUT2D eigenvalue weighted by Crippen LogP contribution is 2.18. The minimum absolute atomic E-state index is 0.0505. The fourth-order valence-corrected chi connectivity index (χ4v) is 2.44. The molecule has 1 aromatic heterocycles. The van der Waals surface area contributed by atoms with E-state index in [1.807, 2.05) is 9.31 Å². The summed E-state index contributed by atoms with van der Waals surface area (Å²) in [6, 6.07) is 2.83. The van der Waals surface area contributed by atoms with E-state index >= 15 is 0 Å². The molecule has 0 saturated carbocycles. The first-order chi connectivity index (χ1) is 10.0. The maximum Gasteiger partial charge on any atom is 0.275 e. The van der Waals surface area contributed by atoms with Crippen LogP contribution in [0.5, 0.6) is 0 Å². The molecule has 1 aliphatic rings. The quantitative estimate of drug-likeness (QED) is 0.621. The first-order valence-corrected chi connectivity index (χ1v) is 6.93. The van der Waals surface area contributed by atoms with Crippen molar-refractivity contribution in [2.24, 2.45) is 0 Å². The average molecular weight is 402 g/mol. The van der Waals surface area contributed by atoms with E-state index in [1.54, 1.807) is 16.8 Å². The highest BCUT2D eigenvalue weighted by atomic mass is 127. The zero-order valence-electron chi connectivity index (χ0n) is 10.6. The van der Waals surface area contributed by atoms with Crippen LogP contribution < -0.4 is 5.32 Å². The van der Waals surface area contributed by atoms with Gasteiger partial charge >= 0.3 is 0 Å². The highest BCUT2D eigenvalue weighted by molar-refractivity contribution is 14.1. The number of halogens is 3. The monoisotopic (exact) mass is 402 g/mol. The van der Waals surface area contributed by atoms with E-state index in [0.29, 0.717) is 12.5 Å². The number of nitrogens with one attached hydrogen (secondary N) is 1. The molecule has 1 aromatic carbocycles. The lowest BCUT2D eigenvalue weighted by Gasteiger charge is -2.17. The number of rotatable bonds is 2. The lowest BCUT2D eigenvalue weighted by molar-refractivity contribution is 0.102. The normalized spacial score (nSPS) is 13.2. The van der Waals surface area contributed by atoms with E-state index in [1.165, 1.54) is 0 Å². The van der Waals surface area contributed by atoms with Gasteiger partial charge in [-0.2, -0.15) is 0 Å². The Morgan fingerprint density at radius 2 is 2.00 bits per heavy atom. The summed E-state index contributed by atoms with van der Waals surface area (Å²) in [4.78, 5) is 16.2. The Balaban J connectivity index is 1.81. The van der Waals surface area contributed by atoms with Crippen LogP contribution in [0.2, 0.25) is 0 Å². The fourth-order valence-electron chi connectivity index (χ4n) is 1.95. The molecule has 0 radical (unpaired) electrons. The predicted molar refractivity (Wildman–Crippen MR) is 81.4 cm³/mol. The van der Waals surface area contributed by atoms with Crippen LogP contribution in [0.15, 0.2) is 30.6 Å². The van der Waals surface area contributed by atoms with Crippen LogP contribution >= 0.6 is 22.9 Å². The number of fused-ring (bicyclic) bond motifs is 1. The first kappa shape index (κ1) is 14.0. The van der Waals surface area contributed by atoms with Crippen LogP contribution in [0.1, 0.15) is 16.3 Å². The zero-order chi connectivity index (χ0) is 15.0.